The number of hydrogen-bond acceptors (Lipinski definition) is 4. The van der Waals surface area contributed by atoms with E-state index in [1.807, 2.05) is 23.8 Å². The molecule has 0 spiro atoms. The lowest BCUT2D eigenvalue weighted by atomic mass is 10.3. The fraction of sp³-hybridized carbons (Fsp3) is 0.300. The van der Waals surface area contributed by atoms with Crippen LogP contribution in [0, 0.1) is 6.92 Å². The second-order valence-corrected chi connectivity index (χ2v) is 3.37. The topological polar surface area (TPSA) is 60.9 Å². The molecular weight excluding hydrogens is 194 g/mol. The molecule has 0 saturated carbocycles. The summed E-state index contributed by atoms with van der Waals surface area (Å²) in [5.41, 5.74) is 2.16. The molecule has 0 unspecified atom stereocenters. The Bertz CT molecular complexity index is 484. The quantitative estimate of drug-likeness (QED) is 0.711. The van der Waals surface area contributed by atoms with Gasteiger partial charge in [0.05, 0.1) is 12.2 Å². The van der Waals surface area contributed by atoms with Crippen molar-refractivity contribution in [2.75, 3.05) is 0 Å². The van der Waals surface area contributed by atoms with E-state index in [4.69, 9.17) is 0 Å². The molecule has 0 amide bonds. The minimum absolute atomic E-state index is 0.0362. The second-order valence-electron chi connectivity index (χ2n) is 3.37. The maximum Gasteiger partial charge on any atom is 0.176 e. The van der Waals surface area contributed by atoms with Crippen molar-refractivity contribution in [2.24, 2.45) is 0 Å². The van der Waals surface area contributed by atoms with Crippen LogP contribution < -0.4 is 0 Å². The van der Waals surface area contributed by atoms with Crippen molar-refractivity contribution < 1.29 is 9.42 Å². The molecule has 0 fully saturated rings. The molecule has 2 heterocycles. The minimum Gasteiger partial charge on any atom is -0.339 e. The maximum atomic E-state index is 11.3. The molecule has 0 aromatic carbocycles. The van der Waals surface area contributed by atoms with Crippen LogP contribution in [-0.2, 0) is 6.54 Å². The summed E-state index contributed by atoms with van der Waals surface area (Å²) in [6.45, 7) is 3.87. The van der Waals surface area contributed by atoms with Gasteiger partial charge in [0, 0.05) is 13.1 Å². The van der Waals surface area contributed by atoms with Gasteiger partial charge in [-0.15, -0.1) is 0 Å². The summed E-state index contributed by atoms with van der Waals surface area (Å²) < 4.78 is 6.42. The van der Waals surface area contributed by atoms with Crippen molar-refractivity contribution in [2.45, 2.75) is 20.4 Å². The molecule has 0 atom stereocenters. The normalized spacial score (nSPS) is 10.5. The van der Waals surface area contributed by atoms with Gasteiger partial charge in [-0.3, -0.25) is 4.79 Å². The average molecular weight is 205 g/mol. The van der Waals surface area contributed by atoms with Crippen molar-refractivity contribution in [1.29, 1.82) is 0 Å². The molecular formula is C10H11N3O2. The Balaban J connectivity index is 2.28. The molecule has 0 N–H and O–H groups in total. The van der Waals surface area contributed by atoms with E-state index < -0.39 is 0 Å². The van der Waals surface area contributed by atoms with E-state index in [1.165, 1.54) is 0 Å². The van der Waals surface area contributed by atoms with Crippen molar-refractivity contribution in [3.63, 3.8) is 0 Å². The zero-order chi connectivity index (χ0) is 10.8. The molecule has 2 aromatic heterocycles. The van der Waals surface area contributed by atoms with E-state index in [0.717, 1.165) is 11.4 Å². The van der Waals surface area contributed by atoms with Crippen LogP contribution in [0.4, 0.5) is 0 Å². The van der Waals surface area contributed by atoms with Gasteiger partial charge in [0.2, 0.25) is 0 Å². The molecule has 0 aliphatic carbocycles. The summed E-state index contributed by atoms with van der Waals surface area (Å²) in [7, 11) is 0. The molecule has 5 nitrogen and oxygen atoms in total. The zero-order valence-corrected chi connectivity index (χ0v) is 8.60. The molecule has 0 radical (unpaired) electrons. The summed E-state index contributed by atoms with van der Waals surface area (Å²) in [5, 5.41) is 7.46. The van der Waals surface area contributed by atoms with Crippen LogP contribution in [0.15, 0.2) is 23.0 Å². The summed E-state index contributed by atoms with van der Waals surface area (Å²) >= 11 is 0. The molecule has 2 rings (SSSR count). The Labute approximate surface area is 86.7 Å². The van der Waals surface area contributed by atoms with Crippen LogP contribution in [0.25, 0.3) is 0 Å². The Hall–Kier alpha value is -1.91. The van der Waals surface area contributed by atoms with Gasteiger partial charge in [-0.2, -0.15) is 0 Å². The number of carbonyl (C=O) groups excluding carboxylic acids is 1. The highest BCUT2D eigenvalue weighted by Crippen LogP contribution is 2.08. The number of nitrogens with zero attached hydrogens (tertiary/aromatic N) is 3. The van der Waals surface area contributed by atoms with E-state index >= 15 is 0 Å². The van der Waals surface area contributed by atoms with E-state index in [1.54, 1.807) is 13.0 Å². The highest BCUT2D eigenvalue weighted by atomic mass is 16.6. The second kappa shape index (κ2) is 3.68. The third-order valence-electron chi connectivity index (χ3n) is 2.26. The Morgan fingerprint density at radius 3 is 2.93 bits per heavy atom. The first-order valence-electron chi connectivity index (χ1n) is 4.62. The largest absolute Gasteiger partial charge is 0.339 e. The van der Waals surface area contributed by atoms with Crippen LogP contribution >= 0.6 is 0 Å². The molecule has 0 aliphatic rings. The van der Waals surface area contributed by atoms with Crippen LogP contribution in [0.2, 0.25) is 0 Å². The Morgan fingerprint density at radius 2 is 2.33 bits per heavy atom. The van der Waals surface area contributed by atoms with Gasteiger partial charge in [-0.1, -0.05) is 10.3 Å². The molecule has 0 aliphatic heterocycles. The fourth-order valence-electron chi connectivity index (χ4n) is 1.43. The van der Waals surface area contributed by atoms with Crippen LogP contribution in [0.5, 0.6) is 0 Å². The number of hydrogen-bond donors (Lipinski definition) is 0. The molecule has 78 valence electrons. The third kappa shape index (κ3) is 1.81. The first-order valence-corrected chi connectivity index (χ1v) is 4.62. The van der Waals surface area contributed by atoms with E-state index in [2.05, 4.69) is 14.9 Å². The average Bonchev–Trinajstić information content (AvgIpc) is 2.77. The van der Waals surface area contributed by atoms with Gasteiger partial charge in [-0.05, 0) is 19.1 Å². The molecule has 2 aromatic rings. The van der Waals surface area contributed by atoms with Crippen molar-refractivity contribution in [3.8, 4) is 0 Å². The zero-order valence-electron chi connectivity index (χ0n) is 8.60. The highest BCUT2D eigenvalue weighted by molar-refractivity contribution is 5.92. The lowest BCUT2D eigenvalue weighted by Gasteiger charge is -2.03. The predicted molar refractivity (Wildman–Crippen MR) is 52.6 cm³/mol. The highest BCUT2D eigenvalue weighted by Gasteiger charge is 2.10. The summed E-state index contributed by atoms with van der Waals surface area (Å²) in [6, 6.07) is 3.62. The minimum atomic E-state index is 0.0362. The monoisotopic (exact) mass is 205 g/mol. The summed E-state index contributed by atoms with van der Waals surface area (Å²) in [5.74, 6) is 0.0362. The third-order valence-corrected chi connectivity index (χ3v) is 2.26. The SMILES string of the molecule is CC(=O)c1cccn1Cc1nonc1C. The number of aryl methyl sites for hydroxylation is 1. The lowest BCUT2D eigenvalue weighted by molar-refractivity contribution is 0.100. The Morgan fingerprint density at radius 1 is 1.53 bits per heavy atom. The molecule has 5 heteroatoms. The van der Waals surface area contributed by atoms with Gasteiger partial charge in [0.15, 0.2) is 5.78 Å². The van der Waals surface area contributed by atoms with Crippen molar-refractivity contribution in [1.82, 2.24) is 14.9 Å². The van der Waals surface area contributed by atoms with Gasteiger partial charge in [0.1, 0.15) is 11.4 Å². The number of carbonyl (C=O) groups is 1. The van der Waals surface area contributed by atoms with E-state index in [0.29, 0.717) is 12.2 Å². The Kier molecular flexibility index (Phi) is 2.37. The molecule has 15 heavy (non-hydrogen) atoms. The number of aromatic nitrogens is 3. The summed E-state index contributed by atoms with van der Waals surface area (Å²) in [4.78, 5) is 11.3. The van der Waals surface area contributed by atoms with Crippen LogP contribution in [-0.4, -0.2) is 20.7 Å². The number of ketones is 1. The standard InChI is InChI=1S/C10H11N3O2/c1-7-9(12-15-11-7)6-13-5-3-4-10(13)8(2)14/h3-5H,6H2,1-2H3. The molecule has 0 bridgehead atoms. The molecule has 0 saturated heterocycles. The van der Waals surface area contributed by atoms with E-state index in [-0.39, 0.29) is 5.78 Å². The van der Waals surface area contributed by atoms with Crippen LogP contribution in [0.1, 0.15) is 28.8 Å². The smallest absolute Gasteiger partial charge is 0.176 e. The van der Waals surface area contributed by atoms with Gasteiger partial charge in [-0.25, -0.2) is 4.63 Å². The summed E-state index contributed by atoms with van der Waals surface area (Å²) in [6.07, 6.45) is 1.84. The van der Waals surface area contributed by atoms with Gasteiger partial charge < -0.3 is 4.57 Å². The first kappa shape index (κ1) is 9.64. The van der Waals surface area contributed by atoms with E-state index in [9.17, 15) is 4.79 Å². The van der Waals surface area contributed by atoms with Gasteiger partial charge in [0.25, 0.3) is 0 Å². The fourth-order valence-corrected chi connectivity index (χ4v) is 1.43. The first-order chi connectivity index (χ1) is 7.18. The predicted octanol–water partition coefficient (Wildman–Crippen LogP) is 1.43. The van der Waals surface area contributed by atoms with Gasteiger partial charge >= 0.3 is 0 Å². The van der Waals surface area contributed by atoms with Crippen LogP contribution in [0.3, 0.4) is 0 Å². The van der Waals surface area contributed by atoms with Crippen molar-refractivity contribution in [3.05, 3.63) is 35.4 Å². The number of rotatable bonds is 3. The maximum absolute atomic E-state index is 11.3. The lowest BCUT2D eigenvalue weighted by Crippen LogP contribution is -2.07. The van der Waals surface area contributed by atoms with Crippen molar-refractivity contribution >= 4 is 5.78 Å². The number of Topliss-reactive ketones (excluding diaryl/α,β-unsaturated/α-hetero) is 1.